The predicted octanol–water partition coefficient (Wildman–Crippen LogP) is 4.90. The first-order chi connectivity index (χ1) is 14.2. The van der Waals surface area contributed by atoms with E-state index in [1.165, 1.54) is 5.56 Å². The van der Waals surface area contributed by atoms with Crippen LogP contribution in [0, 0.1) is 0 Å². The van der Waals surface area contributed by atoms with Crippen molar-refractivity contribution in [2.75, 3.05) is 24.5 Å². The van der Waals surface area contributed by atoms with Crippen molar-refractivity contribution < 1.29 is 4.74 Å². The largest absolute Gasteiger partial charge is 0.489 e. The molecule has 2 atom stereocenters. The summed E-state index contributed by atoms with van der Waals surface area (Å²) in [5, 5.41) is 1.15. The minimum atomic E-state index is 0.391. The van der Waals surface area contributed by atoms with Crippen molar-refractivity contribution in [1.29, 1.82) is 0 Å². The van der Waals surface area contributed by atoms with E-state index in [0.717, 1.165) is 42.1 Å². The quantitative estimate of drug-likeness (QED) is 0.563. The fraction of sp³-hybridized carbons (Fsp3) is 0.320. The van der Waals surface area contributed by atoms with Gasteiger partial charge in [-0.1, -0.05) is 42.5 Å². The highest BCUT2D eigenvalue weighted by Crippen LogP contribution is 2.28. The van der Waals surface area contributed by atoms with E-state index in [1.54, 1.807) is 0 Å². The predicted molar refractivity (Wildman–Crippen MR) is 121 cm³/mol. The molecule has 0 radical (unpaired) electrons. The molecule has 3 aromatic rings. The molecule has 0 aliphatic carbocycles. The number of rotatable bonds is 6. The Morgan fingerprint density at radius 2 is 1.79 bits per heavy atom. The van der Waals surface area contributed by atoms with E-state index in [-0.39, 0.29) is 0 Å². The van der Waals surface area contributed by atoms with Crippen LogP contribution in [0.15, 0.2) is 73.3 Å². The molecule has 150 valence electrons. The number of benzene rings is 2. The second kappa shape index (κ2) is 8.66. The van der Waals surface area contributed by atoms with E-state index in [2.05, 4.69) is 60.6 Å². The number of aromatic nitrogens is 1. The lowest BCUT2D eigenvalue weighted by molar-refractivity contribution is 0.183. The van der Waals surface area contributed by atoms with Crippen LogP contribution in [0.4, 0.5) is 5.82 Å². The number of ether oxygens (including phenoxy) is 1. The fourth-order valence-corrected chi connectivity index (χ4v) is 4.11. The van der Waals surface area contributed by atoms with Gasteiger partial charge in [-0.2, -0.15) is 0 Å². The Morgan fingerprint density at radius 1 is 1.03 bits per heavy atom. The molecule has 4 heteroatoms. The molecule has 0 bridgehead atoms. The van der Waals surface area contributed by atoms with Crippen LogP contribution in [0.5, 0.6) is 5.75 Å². The number of pyridine rings is 1. The highest BCUT2D eigenvalue weighted by atomic mass is 16.5. The molecule has 0 amide bonds. The Morgan fingerprint density at radius 3 is 2.59 bits per heavy atom. The summed E-state index contributed by atoms with van der Waals surface area (Å²) in [5.74, 6) is 1.92. The Kier molecular flexibility index (Phi) is 5.81. The van der Waals surface area contributed by atoms with Gasteiger partial charge in [0.25, 0.3) is 0 Å². The summed E-state index contributed by atoms with van der Waals surface area (Å²) in [6.07, 6.45) is 1.99. The number of piperazine rings is 1. The maximum absolute atomic E-state index is 6.07. The second-order valence-corrected chi connectivity index (χ2v) is 7.85. The van der Waals surface area contributed by atoms with Gasteiger partial charge in [-0.15, -0.1) is 6.58 Å². The number of fused-ring (bicyclic) bond motifs is 1. The lowest BCUT2D eigenvalue weighted by Crippen LogP contribution is -2.56. The molecule has 0 saturated carbocycles. The number of hydrogen-bond donors (Lipinski definition) is 0. The summed E-state index contributed by atoms with van der Waals surface area (Å²) < 4.78 is 6.07. The summed E-state index contributed by atoms with van der Waals surface area (Å²) in [5.41, 5.74) is 2.19. The van der Waals surface area contributed by atoms with Crippen molar-refractivity contribution in [3.05, 3.63) is 78.9 Å². The van der Waals surface area contributed by atoms with Crippen LogP contribution in [-0.2, 0) is 6.61 Å². The molecule has 1 aliphatic rings. The molecule has 1 aliphatic heterocycles. The summed E-state index contributed by atoms with van der Waals surface area (Å²) in [7, 11) is 0. The van der Waals surface area contributed by atoms with Gasteiger partial charge in [0, 0.05) is 42.7 Å². The normalized spacial score (nSPS) is 20.0. The third kappa shape index (κ3) is 4.28. The number of para-hydroxylation sites is 2. The Bertz CT molecular complexity index is 972. The smallest absolute Gasteiger partial charge is 0.129 e. The lowest BCUT2D eigenvalue weighted by atomic mass is 10.1. The van der Waals surface area contributed by atoms with E-state index in [4.69, 9.17) is 9.72 Å². The second-order valence-electron chi connectivity index (χ2n) is 7.85. The molecule has 0 N–H and O–H groups in total. The van der Waals surface area contributed by atoms with Crippen LogP contribution in [0.25, 0.3) is 10.9 Å². The molecule has 4 rings (SSSR count). The molecule has 4 nitrogen and oxygen atoms in total. The molecule has 1 aromatic heterocycles. The number of anilines is 1. The van der Waals surface area contributed by atoms with Gasteiger partial charge in [-0.05, 0) is 38.1 Å². The first-order valence-electron chi connectivity index (χ1n) is 10.3. The van der Waals surface area contributed by atoms with Gasteiger partial charge in [0.15, 0.2) is 0 Å². The molecular weight excluding hydrogens is 358 g/mol. The highest BCUT2D eigenvalue weighted by Gasteiger charge is 2.29. The van der Waals surface area contributed by atoms with Gasteiger partial charge >= 0.3 is 0 Å². The van der Waals surface area contributed by atoms with E-state index >= 15 is 0 Å². The van der Waals surface area contributed by atoms with Crippen LogP contribution in [0.1, 0.15) is 19.4 Å². The SMILES string of the molecule is C=CCN1C[C@H](C)N(c2cc(COc3ccccc3)c3ccccc3n2)C[C@H]1C. The van der Waals surface area contributed by atoms with E-state index in [0.29, 0.717) is 18.7 Å². The summed E-state index contributed by atoms with van der Waals surface area (Å²) in [6.45, 7) is 11.9. The minimum absolute atomic E-state index is 0.391. The topological polar surface area (TPSA) is 28.6 Å². The fourth-order valence-electron chi connectivity index (χ4n) is 4.11. The molecule has 2 aromatic carbocycles. The number of nitrogens with zero attached hydrogens (tertiary/aromatic N) is 3. The Balaban J connectivity index is 1.64. The van der Waals surface area contributed by atoms with E-state index in [1.807, 2.05) is 36.4 Å². The van der Waals surface area contributed by atoms with Gasteiger partial charge in [-0.3, -0.25) is 4.90 Å². The third-order valence-corrected chi connectivity index (χ3v) is 5.70. The maximum Gasteiger partial charge on any atom is 0.129 e. The van der Waals surface area contributed by atoms with Crippen molar-refractivity contribution in [1.82, 2.24) is 9.88 Å². The standard InChI is InChI=1S/C25H29N3O/c1-4-14-27-16-20(3)28(17-19(27)2)25-15-21(18-29-22-10-6-5-7-11-22)23-12-8-9-13-24(23)26-25/h4-13,15,19-20H,1,14,16-18H2,2-3H3/t19-,20+/m1/s1. The summed E-state index contributed by atoms with van der Waals surface area (Å²) in [4.78, 5) is 9.92. The van der Waals surface area contributed by atoms with Crippen molar-refractivity contribution >= 4 is 16.7 Å². The summed E-state index contributed by atoms with van der Waals surface area (Å²) in [6, 6.07) is 21.4. The van der Waals surface area contributed by atoms with Crippen molar-refractivity contribution in [3.8, 4) is 5.75 Å². The molecular formula is C25H29N3O. The van der Waals surface area contributed by atoms with Gasteiger partial charge in [-0.25, -0.2) is 4.98 Å². The Labute approximate surface area is 173 Å². The molecule has 2 heterocycles. The van der Waals surface area contributed by atoms with E-state index < -0.39 is 0 Å². The van der Waals surface area contributed by atoms with Crippen molar-refractivity contribution in [3.63, 3.8) is 0 Å². The zero-order valence-electron chi connectivity index (χ0n) is 17.3. The van der Waals surface area contributed by atoms with Gasteiger partial charge in [0.05, 0.1) is 5.52 Å². The first-order valence-corrected chi connectivity index (χ1v) is 10.3. The molecule has 0 unspecified atom stereocenters. The van der Waals surface area contributed by atoms with Crippen LogP contribution >= 0.6 is 0 Å². The van der Waals surface area contributed by atoms with Crippen LogP contribution < -0.4 is 9.64 Å². The molecule has 1 fully saturated rings. The van der Waals surface area contributed by atoms with Crippen LogP contribution in [0.3, 0.4) is 0 Å². The molecule has 1 saturated heterocycles. The average Bonchev–Trinajstić information content (AvgIpc) is 2.75. The third-order valence-electron chi connectivity index (χ3n) is 5.70. The van der Waals surface area contributed by atoms with Crippen molar-refractivity contribution in [2.24, 2.45) is 0 Å². The molecule has 0 spiro atoms. The lowest BCUT2D eigenvalue weighted by Gasteiger charge is -2.44. The highest BCUT2D eigenvalue weighted by molar-refractivity contribution is 5.84. The van der Waals surface area contributed by atoms with Gasteiger partial charge in [0.2, 0.25) is 0 Å². The van der Waals surface area contributed by atoms with Crippen molar-refractivity contribution in [2.45, 2.75) is 32.5 Å². The van der Waals surface area contributed by atoms with Gasteiger partial charge < -0.3 is 9.64 Å². The number of hydrogen-bond acceptors (Lipinski definition) is 4. The zero-order valence-corrected chi connectivity index (χ0v) is 17.3. The van der Waals surface area contributed by atoms with E-state index in [9.17, 15) is 0 Å². The van der Waals surface area contributed by atoms with Crippen LogP contribution in [0.2, 0.25) is 0 Å². The average molecular weight is 388 g/mol. The Hall–Kier alpha value is -2.85. The van der Waals surface area contributed by atoms with Crippen LogP contribution in [-0.4, -0.2) is 41.6 Å². The first kappa shape index (κ1) is 19.5. The van der Waals surface area contributed by atoms with Gasteiger partial charge in [0.1, 0.15) is 18.2 Å². The zero-order chi connectivity index (χ0) is 20.2. The summed E-state index contributed by atoms with van der Waals surface area (Å²) >= 11 is 0. The maximum atomic E-state index is 6.07. The monoisotopic (exact) mass is 387 g/mol. The molecule has 29 heavy (non-hydrogen) atoms. The minimum Gasteiger partial charge on any atom is -0.489 e.